The number of hydrogen-bond donors (Lipinski definition) is 1. The predicted octanol–water partition coefficient (Wildman–Crippen LogP) is 2.43. The van der Waals surface area contributed by atoms with E-state index in [9.17, 15) is 0 Å². The van der Waals surface area contributed by atoms with Crippen LogP contribution in [0, 0.1) is 5.92 Å². The highest BCUT2D eigenvalue weighted by Gasteiger charge is 2.02. The van der Waals surface area contributed by atoms with E-state index >= 15 is 0 Å². The van der Waals surface area contributed by atoms with Crippen LogP contribution in [0.4, 0.5) is 0 Å². The van der Waals surface area contributed by atoms with Gasteiger partial charge in [0.15, 0.2) is 0 Å². The molecule has 1 aromatic heterocycles. The lowest BCUT2D eigenvalue weighted by molar-refractivity contribution is 0.449. The molecule has 0 spiro atoms. The minimum Gasteiger partial charge on any atom is -0.312 e. The number of rotatable bonds is 7. The lowest BCUT2D eigenvalue weighted by atomic mass is 10.0. The van der Waals surface area contributed by atoms with Crippen molar-refractivity contribution in [2.45, 2.75) is 46.7 Å². The van der Waals surface area contributed by atoms with E-state index in [4.69, 9.17) is 0 Å². The van der Waals surface area contributed by atoms with E-state index in [0.717, 1.165) is 25.6 Å². The predicted molar refractivity (Wildman–Crippen MR) is 63.7 cm³/mol. The zero-order valence-electron chi connectivity index (χ0n) is 10.2. The molecule has 15 heavy (non-hydrogen) atoms. The number of nitrogens with one attached hydrogen (secondary N) is 1. The van der Waals surface area contributed by atoms with Gasteiger partial charge in [0.1, 0.15) is 0 Å². The number of nitrogens with zero attached hydrogens (tertiary/aromatic N) is 2. The van der Waals surface area contributed by atoms with E-state index < -0.39 is 0 Å². The van der Waals surface area contributed by atoms with Gasteiger partial charge in [0.2, 0.25) is 0 Å². The van der Waals surface area contributed by atoms with Gasteiger partial charge in [-0.05, 0) is 19.4 Å². The van der Waals surface area contributed by atoms with Gasteiger partial charge >= 0.3 is 0 Å². The first-order chi connectivity index (χ1) is 7.30. The summed E-state index contributed by atoms with van der Waals surface area (Å²) in [5.41, 5.74) is 1.28. The Kier molecular flexibility index (Phi) is 5.40. The van der Waals surface area contributed by atoms with Crippen LogP contribution in [0.5, 0.6) is 0 Å². The second-order valence-electron chi connectivity index (χ2n) is 4.02. The van der Waals surface area contributed by atoms with Gasteiger partial charge in [-0.2, -0.15) is 5.10 Å². The van der Waals surface area contributed by atoms with Crippen molar-refractivity contribution in [3.63, 3.8) is 0 Å². The van der Waals surface area contributed by atoms with Gasteiger partial charge in [-0.15, -0.1) is 0 Å². The van der Waals surface area contributed by atoms with Crippen molar-refractivity contribution < 1.29 is 0 Å². The Morgan fingerprint density at radius 2 is 2.07 bits per heavy atom. The van der Waals surface area contributed by atoms with E-state index in [1.54, 1.807) is 0 Å². The fraction of sp³-hybridized carbons (Fsp3) is 0.750. The maximum atomic E-state index is 4.25. The molecule has 1 N–H and O–H groups in total. The second kappa shape index (κ2) is 6.62. The Hall–Kier alpha value is -0.830. The molecule has 0 bridgehead atoms. The molecule has 1 aromatic rings. The summed E-state index contributed by atoms with van der Waals surface area (Å²) < 4.78 is 1.97. The van der Waals surface area contributed by atoms with Crippen LogP contribution in [0.2, 0.25) is 0 Å². The summed E-state index contributed by atoms with van der Waals surface area (Å²) in [7, 11) is 0. The second-order valence-corrected chi connectivity index (χ2v) is 4.02. The third-order valence-electron chi connectivity index (χ3n) is 2.93. The van der Waals surface area contributed by atoms with Crippen molar-refractivity contribution in [1.29, 1.82) is 0 Å². The lowest BCUT2D eigenvalue weighted by Crippen LogP contribution is -2.21. The van der Waals surface area contributed by atoms with Crippen LogP contribution >= 0.6 is 0 Å². The van der Waals surface area contributed by atoms with Gasteiger partial charge < -0.3 is 5.32 Å². The maximum absolute atomic E-state index is 4.25. The quantitative estimate of drug-likeness (QED) is 0.747. The molecule has 0 saturated carbocycles. The summed E-state index contributed by atoms with van der Waals surface area (Å²) in [6.45, 7) is 9.62. The summed E-state index contributed by atoms with van der Waals surface area (Å²) >= 11 is 0. The molecule has 0 amide bonds. The largest absolute Gasteiger partial charge is 0.312 e. The zero-order valence-corrected chi connectivity index (χ0v) is 10.2. The highest BCUT2D eigenvalue weighted by atomic mass is 15.3. The van der Waals surface area contributed by atoms with Crippen LogP contribution in [0.25, 0.3) is 0 Å². The summed E-state index contributed by atoms with van der Waals surface area (Å²) in [5, 5.41) is 7.74. The molecular formula is C12H23N3. The van der Waals surface area contributed by atoms with Crippen molar-refractivity contribution in [2.24, 2.45) is 5.92 Å². The Morgan fingerprint density at radius 1 is 1.33 bits per heavy atom. The summed E-state index contributed by atoms with van der Waals surface area (Å²) in [6, 6.07) is 0. The fourth-order valence-electron chi connectivity index (χ4n) is 1.67. The van der Waals surface area contributed by atoms with Crippen LogP contribution in [0.1, 0.15) is 39.2 Å². The Labute approximate surface area is 92.9 Å². The minimum atomic E-state index is 0.811. The molecule has 0 fully saturated rings. The van der Waals surface area contributed by atoms with Gasteiger partial charge in [-0.3, -0.25) is 4.68 Å². The summed E-state index contributed by atoms with van der Waals surface area (Å²) in [6.07, 6.45) is 6.58. The molecule has 0 aromatic carbocycles. The molecule has 1 rings (SSSR count). The average molecular weight is 209 g/mol. The molecule has 3 heteroatoms. The highest BCUT2D eigenvalue weighted by molar-refractivity contribution is 5.03. The average Bonchev–Trinajstić information content (AvgIpc) is 2.72. The van der Waals surface area contributed by atoms with Crippen molar-refractivity contribution >= 4 is 0 Å². The normalized spacial score (nSPS) is 11.2. The summed E-state index contributed by atoms with van der Waals surface area (Å²) in [4.78, 5) is 0. The third kappa shape index (κ3) is 4.04. The Balaban J connectivity index is 2.25. The van der Waals surface area contributed by atoms with E-state index in [1.807, 2.05) is 10.9 Å². The van der Waals surface area contributed by atoms with E-state index in [2.05, 4.69) is 37.4 Å². The van der Waals surface area contributed by atoms with Gasteiger partial charge in [0.25, 0.3) is 0 Å². The monoisotopic (exact) mass is 209 g/mol. The van der Waals surface area contributed by atoms with Crippen molar-refractivity contribution in [3.8, 4) is 0 Å². The van der Waals surface area contributed by atoms with Crippen LogP contribution < -0.4 is 5.32 Å². The topological polar surface area (TPSA) is 29.9 Å². The van der Waals surface area contributed by atoms with E-state index in [-0.39, 0.29) is 0 Å². The lowest BCUT2D eigenvalue weighted by Gasteiger charge is -2.12. The Morgan fingerprint density at radius 3 is 2.60 bits per heavy atom. The first-order valence-corrected chi connectivity index (χ1v) is 6.02. The molecule has 0 radical (unpaired) electrons. The van der Waals surface area contributed by atoms with Crippen molar-refractivity contribution in [3.05, 3.63) is 18.0 Å². The molecule has 0 atom stereocenters. The molecule has 1 heterocycles. The molecule has 0 saturated heterocycles. The van der Waals surface area contributed by atoms with Gasteiger partial charge in [-0.1, -0.05) is 26.7 Å². The molecule has 86 valence electrons. The minimum absolute atomic E-state index is 0.811. The van der Waals surface area contributed by atoms with Crippen LogP contribution in [0.15, 0.2) is 12.4 Å². The molecular weight excluding hydrogens is 186 g/mol. The smallest absolute Gasteiger partial charge is 0.0534 e. The molecule has 3 nitrogen and oxygen atoms in total. The van der Waals surface area contributed by atoms with Crippen LogP contribution in [-0.2, 0) is 13.1 Å². The summed E-state index contributed by atoms with van der Waals surface area (Å²) in [5.74, 6) is 0.811. The van der Waals surface area contributed by atoms with E-state index in [0.29, 0.717) is 0 Å². The van der Waals surface area contributed by atoms with Crippen molar-refractivity contribution in [1.82, 2.24) is 15.1 Å². The van der Waals surface area contributed by atoms with Gasteiger partial charge in [-0.25, -0.2) is 0 Å². The Bertz CT molecular complexity index is 264. The maximum Gasteiger partial charge on any atom is 0.0534 e. The molecule has 0 unspecified atom stereocenters. The molecule has 0 aliphatic heterocycles. The molecule has 0 aliphatic carbocycles. The van der Waals surface area contributed by atoms with E-state index in [1.165, 1.54) is 18.4 Å². The number of aryl methyl sites for hydroxylation is 1. The van der Waals surface area contributed by atoms with Crippen LogP contribution in [-0.4, -0.2) is 16.3 Å². The van der Waals surface area contributed by atoms with Gasteiger partial charge in [0, 0.05) is 24.8 Å². The zero-order chi connectivity index (χ0) is 11.1. The first kappa shape index (κ1) is 12.2. The van der Waals surface area contributed by atoms with Crippen LogP contribution in [0.3, 0.4) is 0 Å². The highest BCUT2D eigenvalue weighted by Crippen LogP contribution is 2.05. The fourth-order valence-corrected chi connectivity index (χ4v) is 1.67. The number of hydrogen-bond acceptors (Lipinski definition) is 2. The van der Waals surface area contributed by atoms with Crippen molar-refractivity contribution in [2.75, 3.05) is 6.54 Å². The third-order valence-corrected chi connectivity index (χ3v) is 2.93. The van der Waals surface area contributed by atoms with Gasteiger partial charge in [0.05, 0.1) is 6.20 Å². The standard InChI is InChI=1S/C12H23N3/c1-4-11(5-2)7-13-8-12-9-14-15(6-3)10-12/h9-11,13H,4-8H2,1-3H3. The molecule has 0 aliphatic rings. The number of aromatic nitrogens is 2. The first-order valence-electron chi connectivity index (χ1n) is 6.02. The SMILES string of the molecule is CCC(CC)CNCc1cnn(CC)c1.